The lowest BCUT2D eigenvalue weighted by atomic mass is 10.0. The Hall–Kier alpha value is -1.27. The number of halogens is 1. The minimum absolute atomic E-state index is 0.315. The second-order valence-corrected chi connectivity index (χ2v) is 6.71. The van der Waals surface area contributed by atoms with E-state index in [9.17, 15) is 9.90 Å². The molecule has 1 aromatic rings. The Morgan fingerprint density at radius 3 is 2.61 bits per heavy atom. The number of rotatable bonds is 10. The molecule has 0 saturated carbocycles. The quantitative estimate of drug-likeness (QED) is 0.638. The van der Waals surface area contributed by atoms with Gasteiger partial charge in [-0.3, -0.25) is 4.79 Å². The number of methoxy groups -OCH3 is 1. The number of benzene rings is 1. The Kier molecular flexibility index (Phi) is 8.41. The molecular weight excluding hydrogens is 362 g/mol. The maximum atomic E-state index is 11.3. The van der Waals surface area contributed by atoms with Crippen molar-refractivity contribution in [1.29, 1.82) is 0 Å². The van der Waals surface area contributed by atoms with Crippen LogP contribution in [0, 0.1) is 5.92 Å². The number of ether oxygens (including phenoxy) is 2. The van der Waals surface area contributed by atoms with Gasteiger partial charge in [-0.15, -0.1) is 0 Å². The van der Waals surface area contributed by atoms with E-state index in [4.69, 9.17) is 9.47 Å². The van der Waals surface area contributed by atoms with Crippen molar-refractivity contribution in [3.63, 3.8) is 0 Å². The molecule has 0 unspecified atom stereocenters. The number of nitrogens with one attached hydrogen (secondary N) is 1. The summed E-state index contributed by atoms with van der Waals surface area (Å²) in [5.74, 6) is 0.803. The minimum Gasteiger partial charge on any atom is -0.493 e. The zero-order chi connectivity index (χ0) is 17.4. The molecule has 0 bridgehead atoms. The van der Waals surface area contributed by atoms with Crippen LogP contribution in [0.2, 0.25) is 0 Å². The van der Waals surface area contributed by atoms with E-state index in [-0.39, 0.29) is 0 Å². The van der Waals surface area contributed by atoms with Crippen LogP contribution in [0.5, 0.6) is 11.5 Å². The average Bonchev–Trinajstić information content (AvgIpc) is 2.49. The smallest absolute Gasteiger partial charge is 0.320 e. The van der Waals surface area contributed by atoms with Crippen LogP contribution in [0.4, 0.5) is 0 Å². The van der Waals surface area contributed by atoms with Crippen molar-refractivity contribution in [2.75, 3.05) is 13.7 Å². The van der Waals surface area contributed by atoms with Crippen molar-refractivity contribution in [1.82, 2.24) is 5.32 Å². The lowest BCUT2D eigenvalue weighted by molar-refractivity contribution is -0.140. The van der Waals surface area contributed by atoms with Gasteiger partial charge >= 0.3 is 5.97 Å². The summed E-state index contributed by atoms with van der Waals surface area (Å²) in [6.45, 7) is 7.13. The summed E-state index contributed by atoms with van der Waals surface area (Å²) in [4.78, 5) is 11.3. The molecular formula is C17H26BrNO4. The van der Waals surface area contributed by atoms with E-state index >= 15 is 0 Å². The van der Waals surface area contributed by atoms with Crippen LogP contribution < -0.4 is 14.8 Å². The molecule has 0 heterocycles. The van der Waals surface area contributed by atoms with Gasteiger partial charge in [0.15, 0.2) is 11.5 Å². The van der Waals surface area contributed by atoms with E-state index in [1.54, 1.807) is 7.11 Å². The summed E-state index contributed by atoms with van der Waals surface area (Å²) >= 11 is 3.50. The Bertz CT molecular complexity index is 520. The summed E-state index contributed by atoms with van der Waals surface area (Å²) in [6.07, 6.45) is 1.50. The van der Waals surface area contributed by atoms with Gasteiger partial charge in [0, 0.05) is 6.54 Å². The van der Waals surface area contributed by atoms with Gasteiger partial charge in [-0.25, -0.2) is 0 Å². The molecule has 0 aromatic heterocycles. The number of hydrogen-bond acceptors (Lipinski definition) is 4. The fourth-order valence-corrected chi connectivity index (χ4v) is 2.81. The highest BCUT2D eigenvalue weighted by atomic mass is 79.9. The molecule has 1 rings (SSSR count). The Balaban J connectivity index is 2.84. The summed E-state index contributed by atoms with van der Waals surface area (Å²) in [6, 6.07) is 3.24. The molecule has 0 aliphatic heterocycles. The predicted octanol–water partition coefficient (Wildman–Crippen LogP) is 3.84. The minimum atomic E-state index is -0.826. The highest BCUT2D eigenvalue weighted by Gasteiger charge is 2.19. The van der Waals surface area contributed by atoms with Crippen LogP contribution in [-0.4, -0.2) is 30.8 Å². The van der Waals surface area contributed by atoms with Crippen LogP contribution in [0.25, 0.3) is 0 Å². The molecule has 1 aromatic carbocycles. The van der Waals surface area contributed by atoms with E-state index in [0.717, 1.165) is 16.5 Å². The summed E-state index contributed by atoms with van der Waals surface area (Å²) in [7, 11) is 1.59. The van der Waals surface area contributed by atoms with Gasteiger partial charge in [-0.2, -0.15) is 0 Å². The molecule has 0 spiro atoms. The maximum absolute atomic E-state index is 11.3. The molecule has 0 aliphatic rings. The molecule has 2 N–H and O–H groups in total. The predicted molar refractivity (Wildman–Crippen MR) is 94.2 cm³/mol. The first-order chi connectivity index (χ1) is 10.9. The fourth-order valence-electron chi connectivity index (χ4n) is 2.20. The Morgan fingerprint density at radius 2 is 2.09 bits per heavy atom. The van der Waals surface area contributed by atoms with E-state index in [2.05, 4.69) is 21.2 Å². The van der Waals surface area contributed by atoms with Crippen LogP contribution in [-0.2, 0) is 11.3 Å². The number of aliphatic carboxylic acids is 1. The zero-order valence-electron chi connectivity index (χ0n) is 14.2. The van der Waals surface area contributed by atoms with Crippen molar-refractivity contribution in [2.45, 2.75) is 46.2 Å². The number of carbonyl (C=O) groups is 1. The SMILES string of the molecule is CCCOc1c(Br)cc(CN[C@@H](CC(C)C)C(=O)O)cc1OC. The van der Waals surface area contributed by atoms with Crippen LogP contribution in [0.15, 0.2) is 16.6 Å². The first kappa shape index (κ1) is 19.8. The fraction of sp³-hybridized carbons (Fsp3) is 0.588. The van der Waals surface area contributed by atoms with Gasteiger partial charge in [0.1, 0.15) is 6.04 Å². The number of carboxylic acids is 1. The molecule has 0 radical (unpaired) electrons. The molecule has 0 fully saturated rings. The molecule has 23 heavy (non-hydrogen) atoms. The van der Waals surface area contributed by atoms with E-state index < -0.39 is 12.0 Å². The van der Waals surface area contributed by atoms with Crippen LogP contribution in [0.3, 0.4) is 0 Å². The van der Waals surface area contributed by atoms with E-state index in [0.29, 0.717) is 37.0 Å². The lowest BCUT2D eigenvalue weighted by Gasteiger charge is -2.18. The van der Waals surface area contributed by atoms with Crippen molar-refractivity contribution >= 4 is 21.9 Å². The normalized spacial score (nSPS) is 12.3. The Morgan fingerprint density at radius 1 is 1.39 bits per heavy atom. The first-order valence-electron chi connectivity index (χ1n) is 7.84. The molecule has 6 heteroatoms. The first-order valence-corrected chi connectivity index (χ1v) is 8.63. The van der Waals surface area contributed by atoms with E-state index in [1.807, 2.05) is 32.9 Å². The zero-order valence-corrected chi connectivity index (χ0v) is 15.8. The Labute approximate surface area is 146 Å². The molecule has 130 valence electrons. The third-order valence-corrected chi connectivity index (χ3v) is 3.89. The lowest BCUT2D eigenvalue weighted by Crippen LogP contribution is -2.37. The third-order valence-electron chi connectivity index (χ3n) is 3.30. The second kappa shape index (κ2) is 9.78. The van der Waals surface area contributed by atoms with Crippen LogP contribution >= 0.6 is 15.9 Å². The highest BCUT2D eigenvalue weighted by molar-refractivity contribution is 9.10. The standard InChI is InChI=1S/C17H26BrNO4/c1-5-6-23-16-13(18)8-12(9-15(16)22-4)10-19-14(17(20)21)7-11(2)3/h8-9,11,14,19H,5-7,10H2,1-4H3,(H,20,21)/t14-/m0/s1. The van der Waals surface area contributed by atoms with Gasteiger partial charge in [0.2, 0.25) is 0 Å². The van der Waals surface area contributed by atoms with Crippen LogP contribution in [0.1, 0.15) is 39.2 Å². The van der Waals surface area contributed by atoms with Crippen molar-refractivity contribution in [2.24, 2.45) is 5.92 Å². The summed E-state index contributed by atoms with van der Waals surface area (Å²) in [5.41, 5.74) is 0.938. The summed E-state index contributed by atoms with van der Waals surface area (Å²) < 4.78 is 11.9. The second-order valence-electron chi connectivity index (χ2n) is 5.86. The van der Waals surface area contributed by atoms with E-state index in [1.165, 1.54) is 0 Å². The van der Waals surface area contributed by atoms with Gasteiger partial charge < -0.3 is 19.9 Å². The monoisotopic (exact) mass is 387 g/mol. The largest absolute Gasteiger partial charge is 0.493 e. The van der Waals surface area contributed by atoms with Crippen molar-refractivity contribution < 1.29 is 19.4 Å². The third kappa shape index (κ3) is 6.39. The number of carboxylic acid groups (broad SMARTS) is 1. The number of hydrogen-bond donors (Lipinski definition) is 2. The molecule has 0 saturated heterocycles. The molecule has 5 nitrogen and oxygen atoms in total. The van der Waals surface area contributed by atoms with Gasteiger partial charge in [-0.05, 0) is 52.4 Å². The highest BCUT2D eigenvalue weighted by Crippen LogP contribution is 2.36. The average molecular weight is 388 g/mol. The summed E-state index contributed by atoms with van der Waals surface area (Å²) in [5, 5.41) is 12.4. The van der Waals surface area contributed by atoms with Crippen molar-refractivity contribution in [3.05, 3.63) is 22.2 Å². The van der Waals surface area contributed by atoms with Crippen molar-refractivity contribution in [3.8, 4) is 11.5 Å². The van der Waals surface area contributed by atoms with Gasteiger partial charge in [-0.1, -0.05) is 20.8 Å². The molecule has 0 amide bonds. The topological polar surface area (TPSA) is 67.8 Å². The van der Waals surface area contributed by atoms with Gasteiger partial charge in [0.25, 0.3) is 0 Å². The molecule has 1 atom stereocenters. The maximum Gasteiger partial charge on any atom is 0.320 e. The van der Waals surface area contributed by atoms with Gasteiger partial charge in [0.05, 0.1) is 18.2 Å². The molecule has 0 aliphatic carbocycles.